The smallest absolute Gasteiger partial charge is 0.321 e. The Bertz CT molecular complexity index is 291. The molecule has 1 aliphatic rings. The van der Waals surface area contributed by atoms with Crippen LogP contribution in [0.1, 0.15) is 44.9 Å². The fourth-order valence-electron chi connectivity index (χ4n) is 1.43. The number of nitrogens with zero attached hydrogens (tertiary/aromatic N) is 2. The second-order valence-electron chi connectivity index (χ2n) is 4.36. The average molecular weight is 195 g/mol. The van der Waals surface area contributed by atoms with Crippen LogP contribution in [-0.2, 0) is 0 Å². The Morgan fingerprint density at radius 3 is 2.86 bits per heavy atom. The van der Waals surface area contributed by atoms with Crippen molar-refractivity contribution in [1.82, 2.24) is 10.1 Å². The first-order chi connectivity index (χ1) is 6.75. The lowest BCUT2D eigenvalue weighted by molar-refractivity contribution is 0.366. The molecule has 0 atom stereocenters. The monoisotopic (exact) mass is 195 g/mol. The lowest BCUT2D eigenvalue weighted by Gasteiger charge is -2.20. The minimum Gasteiger partial charge on any atom is -0.338 e. The second-order valence-corrected chi connectivity index (χ2v) is 4.36. The van der Waals surface area contributed by atoms with Crippen LogP contribution in [0.2, 0.25) is 0 Å². The zero-order chi connectivity index (χ0) is 9.97. The fraction of sp³-hybridized carbons (Fsp3) is 0.800. The van der Waals surface area contributed by atoms with E-state index in [1.807, 2.05) is 0 Å². The van der Waals surface area contributed by atoms with Gasteiger partial charge < -0.3 is 9.84 Å². The maximum atomic E-state index is 5.10. The number of hydrogen-bond donors (Lipinski definition) is 1. The molecule has 0 aliphatic heterocycles. The van der Waals surface area contributed by atoms with Crippen LogP contribution in [0.15, 0.2) is 4.52 Å². The molecule has 0 aromatic carbocycles. The van der Waals surface area contributed by atoms with Crippen molar-refractivity contribution < 1.29 is 4.52 Å². The highest BCUT2D eigenvalue weighted by Crippen LogP contribution is 2.34. The average Bonchev–Trinajstić information content (AvgIpc) is 2.46. The molecule has 0 spiro atoms. The van der Waals surface area contributed by atoms with E-state index < -0.39 is 0 Å². The highest BCUT2D eigenvalue weighted by atomic mass is 16.5. The maximum Gasteiger partial charge on any atom is 0.321 e. The van der Waals surface area contributed by atoms with Crippen LogP contribution < -0.4 is 5.32 Å². The van der Waals surface area contributed by atoms with E-state index in [1.165, 1.54) is 19.3 Å². The van der Waals surface area contributed by atoms with Gasteiger partial charge in [0, 0.05) is 12.5 Å². The fourth-order valence-corrected chi connectivity index (χ4v) is 1.43. The van der Waals surface area contributed by atoms with Crippen molar-refractivity contribution in [2.24, 2.45) is 5.92 Å². The number of nitrogens with one attached hydrogen (secondary N) is 1. The molecule has 78 valence electrons. The van der Waals surface area contributed by atoms with E-state index in [0.717, 1.165) is 12.4 Å². The topological polar surface area (TPSA) is 51.0 Å². The summed E-state index contributed by atoms with van der Waals surface area (Å²) in [5.74, 6) is 2.02. The molecule has 1 saturated carbocycles. The van der Waals surface area contributed by atoms with E-state index >= 15 is 0 Å². The summed E-state index contributed by atoms with van der Waals surface area (Å²) in [4.78, 5) is 4.32. The lowest BCUT2D eigenvalue weighted by atomic mass is 9.85. The van der Waals surface area contributed by atoms with Crippen molar-refractivity contribution in [2.75, 3.05) is 11.9 Å². The molecule has 0 unspecified atom stereocenters. The van der Waals surface area contributed by atoms with Gasteiger partial charge in [-0.3, -0.25) is 0 Å². The lowest BCUT2D eigenvalue weighted by Crippen LogP contribution is -2.11. The first kappa shape index (κ1) is 9.49. The van der Waals surface area contributed by atoms with Crippen LogP contribution in [-0.4, -0.2) is 16.7 Å². The Morgan fingerprint density at radius 1 is 1.50 bits per heavy atom. The van der Waals surface area contributed by atoms with Gasteiger partial charge in [0.25, 0.3) is 0 Å². The van der Waals surface area contributed by atoms with Crippen molar-refractivity contribution >= 4 is 6.01 Å². The molecule has 1 aromatic heterocycles. The zero-order valence-corrected chi connectivity index (χ0v) is 8.79. The van der Waals surface area contributed by atoms with Gasteiger partial charge in [-0.15, -0.1) is 0 Å². The first-order valence-corrected chi connectivity index (χ1v) is 5.33. The third-order valence-electron chi connectivity index (χ3n) is 2.57. The summed E-state index contributed by atoms with van der Waals surface area (Å²) in [6, 6.07) is 0.570. The number of anilines is 1. The highest BCUT2D eigenvalue weighted by molar-refractivity contribution is 5.19. The molecule has 0 bridgehead atoms. The molecule has 1 heterocycles. The van der Waals surface area contributed by atoms with Gasteiger partial charge in [-0.25, -0.2) is 0 Å². The van der Waals surface area contributed by atoms with Gasteiger partial charge in [0.2, 0.25) is 0 Å². The van der Waals surface area contributed by atoms with Crippen molar-refractivity contribution in [1.29, 1.82) is 0 Å². The molecule has 0 amide bonds. The van der Waals surface area contributed by atoms with Crippen molar-refractivity contribution in [3.05, 3.63) is 5.82 Å². The van der Waals surface area contributed by atoms with Crippen molar-refractivity contribution in [2.45, 2.75) is 39.0 Å². The van der Waals surface area contributed by atoms with Crippen LogP contribution in [0.3, 0.4) is 0 Å². The number of aromatic nitrogens is 2. The molecule has 1 N–H and O–H groups in total. The van der Waals surface area contributed by atoms with Crippen LogP contribution in [0.4, 0.5) is 6.01 Å². The van der Waals surface area contributed by atoms with Crippen molar-refractivity contribution in [3.8, 4) is 0 Å². The Balaban J connectivity index is 1.89. The maximum absolute atomic E-state index is 5.10. The van der Waals surface area contributed by atoms with Gasteiger partial charge in [0.15, 0.2) is 5.82 Å². The molecule has 0 saturated heterocycles. The van der Waals surface area contributed by atoms with E-state index in [1.54, 1.807) is 0 Å². The molecule has 4 nitrogen and oxygen atoms in total. The van der Waals surface area contributed by atoms with Crippen LogP contribution in [0, 0.1) is 5.92 Å². The van der Waals surface area contributed by atoms with Gasteiger partial charge in [0.05, 0.1) is 0 Å². The van der Waals surface area contributed by atoms with Gasteiger partial charge >= 0.3 is 6.01 Å². The van der Waals surface area contributed by atoms with E-state index in [-0.39, 0.29) is 0 Å². The first-order valence-electron chi connectivity index (χ1n) is 5.33. The summed E-state index contributed by atoms with van der Waals surface area (Å²) in [7, 11) is 0. The molecule has 1 fully saturated rings. The molecular formula is C10H17N3O. The molecular weight excluding hydrogens is 178 g/mol. The van der Waals surface area contributed by atoms with Gasteiger partial charge in [-0.05, 0) is 18.8 Å². The second kappa shape index (κ2) is 3.98. The molecule has 4 heteroatoms. The van der Waals surface area contributed by atoms with E-state index in [4.69, 9.17) is 4.52 Å². The third kappa shape index (κ3) is 2.05. The zero-order valence-electron chi connectivity index (χ0n) is 8.79. The van der Waals surface area contributed by atoms with Crippen molar-refractivity contribution in [3.63, 3.8) is 0 Å². The predicted molar refractivity (Wildman–Crippen MR) is 54.2 cm³/mol. The summed E-state index contributed by atoms with van der Waals surface area (Å²) in [6.45, 7) is 5.18. The molecule has 1 aliphatic carbocycles. The quantitative estimate of drug-likeness (QED) is 0.801. The van der Waals surface area contributed by atoms with Crippen LogP contribution in [0.5, 0.6) is 0 Å². The molecule has 14 heavy (non-hydrogen) atoms. The highest BCUT2D eigenvalue weighted by Gasteiger charge is 2.24. The summed E-state index contributed by atoms with van der Waals surface area (Å²) in [5.41, 5.74) is 0. The van der Waals surface area contributed by atoms with Gasteiger partial charge in [-0.2, -0.15) is 4.98 Å². The van der Waals surface area contributed by atoms with Gasteiger partial charge in [-0.1, -0.05) is 25.4 Å². The molecule has 0 radical (unpaired) electrons. The summed E-state index contributed by atoms with van der Waals surface area (Å²) >= 11 is 0. The molecule has 2 rings (SSSR count). The Hall–Kier alpha value is -1.06. The standard InChI is InChI=1S/C10H17N3O/c1-7(2)6-11-10-12-9(13-14-10)8-4-3-5-8/h7-8H,3-6H2,1-2H3,(H,11,12,13). The minimum absolute atomic E-state index is 0.549. The van der Waals surface area contributed by atoms with E-state index in [2.05, 4.69) is 29.3 Å². The van der Waals surface area contributed by atoms with E-state index in [9.17, 15) is 0 Å². The SMILES string of the molecule is CC(C)CNc1nc(C2CCC2)no1. The number of rotatable bonds is 4. The van der Waals surface area contributed by atoms with Crippen LogP contribution in [0.25, 0.3) is 0 Å². The molecule has 1 aromatic rings. The normalized spacial score (nSPS) is 17.1. The largest absolute Gasteiger partial charge is 0.338 e. The predicted octanol–water partition coefficient (Wildman–Crippen LogP) is 2.41. The summed E-state index contributed by atoms with van der Waals surface area (Å²) in [5, 5.41) is 7.09. The Morgan fingerprint density at radius 2 is 2.29 bits per heavy atom. The number of hydrogen-bond acceptors (Lipinski definition) is 4. The minimum atomic E-state index is 0.549. The van der Waals surface area contributed by atoms with Crippen LogP contribution >= 0.6 is 0 Å². The third-order valence-corrected chi connectivity index (χ3v) is 2.57. The Kier molecular flexibility index (Phi) is 2.70. The van der Waals surface area contributed by atoms with Gasteiger partial charge in [0.1, 0.15) is 0 Å². The Labute approximate surface area is 84.1 Å². The van der Waals surface area contributed by atoms with E-state index in [0.29, 0.717) is 17.9 Å². The summed E-state index contributed by atoms with van der Waals surface area (Å²) < 4.78 is 5.10. The summed E-state index contributed by atoms with van der Waals surface area (Å²) in [6.07, 6.45) is 3.72.